The van der Waals surface area contributed by atoms with Gasteiger partial charge in [-0.15, -0.1) is 0 Å². The highest BCUT2D eigenvalue weighted by atomic mass is 16.3. The van der Waals surface area contributed by atoms with E-state index in [4.69, 9.17) is 4.99 Å². The van der Waals surface area contributed by atoms with Crippen LogP contribution in [0.4, 0.5) is 17.1 Å². The summed E-state index contributed by atoms with van der Waals surface area (Å²) in [6, 6.07) is 20.0. The van der Waals surface area contributed by atoms with Gasteiger partial charge in [0.1, 0.15) is 17.1 Å². The molecule has 0 bridgehead atoms. The van der Waals surface area contributed by atoms with E-state index in [9.17, 15) is 9.90 Å². The highest BCUT2D eigenvalue weighted by Crippen LogP contribution is 2.46. The summed E-state index contributed by atoms with van der Waals surface area (Å²) in [6.45, 7) is 8.10. The first kappa shape index (κ1) is 21.0. The van der Waals surface area contributed by atoms with Crippen molar-refractivity contribution >= 4 is 55.5 Å². The average molecular weight is 475 g/mol. The van der Waals surface area contributed by atoms with Crippen LogP contribution in [0.15, 0.2) is 71.4 Å². The largest absolute Gasteiger partial charge is 0.506 e. The van der Waals surface area contributed by atoms with Crippen LogP contribution in [0, 0.1) is 0 Å². The topological polar surface area (TPSA) is 85.8 Å². The van der Waals surface area contributed by atoms with Crippen molar-refractivity contribution in [1.29, 1.82) is 0 Å². The molecule has 0 fully saturated rings. The van der Waals surface area contributed by atoms with Crippen LogP contribution >= 0.6 is 0 Å². The van der Waals surface area contributed by atoms with Crippen LogP contribution in [0.3, 0.4) is 0 Å². The number of ketones is 1. The Labute approximate surface area is 208 Å². The van der Waals surface area contributed by atoms with E-state index in [0.29, 0.717) is 21.9 Å². The maximum absolute atomic E-state index is 13.8. The maximum Gasteiger partial charge on any atom is 0.201 e. The Morgan fingerprint density at radius 3 is 2.14 bits per heavy atom. The van der Waals surface area contributed by atoms with Gasteiger partial charge in [0.25, 0.3) is 0 Å². The molecule has 4 N–H and O–H groups in total. The van der Waals surface area contributed by atoms with Gasteiger partial charge in [-0.3, -0.25) is 9.79 Å². The average Bonchev–Trinajstić information content (AvgIpc) is 2.81. The predicted molar refractivity (Wildman–Crippen MR) is 146 cm³/mol. The van der Waals surface area contributed by atoms with E-state index in [2.05, 4.69) is 35.9 Å². The fourth-order valence-corrected chi connectivity index (χ4v) is 5.82. The number of benzene rings is 4. The van der Waals surface area contributed by atoms with Crippen molar-refractivity contribution in [3.63, 3.8) is 0 Å². The van der Waals surface area contributed by atoms with E-state index in [-0.39, 0.29) is 11.5 Å². The summed E-state index contributed by atoms with van der Waals surface area (Å²) in [6.07, 6.45) is 0. The zero-order valence-electron chi connectivity index (χ0n) is 20.6. The zero-order valence-corrected chi connectivity index (χ0v) is 20.6. The molecule has 0 aromatic heterocycles. The molecule has 4 aromatic carbocycles. The van der Waals surface area contributed by atoms with Crippen molar-refractivity contribution in [2.75, 3.05) is 16.0 Å². The molecule has 6 heteroatoms. The third-order valence-corrected chi connectivity index (χ3v) is 7.25. The number of nitrogens with zero attached hydrogens (tertiary/aromatic N) is 1. The normalized spacial score (nSPS) is 20.3. The molecule has 6 nitrogen and oxygen atoms in total. The van der Waals surface area contributed by atoms with Crippen molar-refractivity contribution in [3.8, 4) is 0 Å². The third-order valence-electron chi connectivity index (χ3n) is 7.25. The number of hydrogen-bond donors (Lipinski definition) is 4. The van der Waals surface area contributed by atoms with E-state index >= 15 is 0 Å². The van der Waals surface area contributed by atoms with Crippen molar-refractivity contribution in [1.82, 2.24) is 0 Å². The van der Waals surface area contributed by atoms with Crippen LogP contribution in [0.2, 0.25) is 0 Å². The van der Waals surface area contributed by atoms with Crippen LogP contribution in [0.5, 0.6) is 0 Å². The lowest BCUT2D eigenvalue weighted by molar-refractivity contribution is -0.109. The number of aliphatic hydroxyl groups is 1. The summed E-state index contributed by atoms with van der Waals surface area (Å²) in [5.41, 5.74) is 3.28. The smallest absolute Gasteiger partial charge is 0.201 e. The molecule has 3 aliphatic rings. The molecule has 4 aromatic rings. The van der Waals surface area contributed by atoms with Gasteiger partial charge in [-0.05, 0) is 50.6 Å². The fraction of sp³-hybridized carbons (Fsp3) is 0.200. The SMILES string of the molecule is CC1(C)N=c2c(=C3C(=O)C(c4ccc5cccc6c5c4NC(C)(C)N6)=C3O)ccc3cccc(c23)N1. The molecule has 178 valence electrons. The van der Waals surface area contributed by atoms with E-state index in [1.165, 1.54) is 0 Å². The van der Waals surface area contributed by atoms with Crippen LogP contribution in [0.25, 0.3) is 32.7 Å². The molecule has 0 saturated heterocycles. The van der Waals surface area contributed by atoms with E-state index < -0.39 is 11.3 Å². The number of rotatable bonds is 1. The standard InChI is InChI=1S/C30H26N4O2/c1-29(2)31-19-9-5-7-15-11-13-17(25(33-29)21(15)19)23-27(35)24(28(23)36)18-14-12-16-8-6-10-20-22(16)26(18)34-30(3,4)32-20/h5-14,31-33,35H,1-4H3. The maximum atomic E-state index is 13.8. The highest BCUT2D eigenvalue weighted by molar-refractivity contribution is 6.52. The van der Waals surface area contributed by atoms with E-state index in [1.54, 1.807) is 0 Å². The Morgan fingerprint density at radius 2 is 1.42 bits per heavy atom. The Kier molecular flexibility index (Phi) is 3.89. The van der Waals surface area contributed by atoms with Gasteiger partial charge < -0.3 is 21.1 Å². The number of Topliss-reactive ketones (excluding diaryl/α,β-unsaturated/α-hetero) is 1. The first-order chi connectivity index (χ1) is 17.1. The number of nitrogens with one attached hydrogen (secondary N) is 3. The number of hydrogen-bond acceptors (Lipinski definition) is 6. The molecule has 36 heavy (non-hydrogen) atoms. The lowest BCUT2D eigenvalue weighted by Gasteiger charge is -2.37. The predicted octanol–water partition coefficient (Wildman–Crippen LogP) is 5.05. The van der Waals surface area contributed by atoms with Gasteiger partial charge in [0, 0.05) is 32.9 Å². The second kappa shape index (κ2) is 6.66. The highest BCUT2D eigenvalue weighted by Gasteiger charge is 2.39. The summed E-state index contributed by atoms with van der Waals surface area (Å²) < 4.78 is 0. The lowest BCUT2D eigenvalue weighted by Crippen LogP contribution is -2.43. The van der Waals surface area contributed by atoms with E-state index in [1.807, 2.05) is 68.4 Å². The molecule has 0 unspecified atom stereocenters. The summed E-state index contributed by atoms with van der Waals surface area (Å²) in [4.78, 5) is 18.7. The number of carbonyl (C=O) groups excluding carboxylic acids is 1. The molecular formula is C30H26N4O2. The number of anilines is 3. The van der Waals surface area contributed by atoms with Gasteiger partial charge in [-0.1, -0.05) is 48.5 Å². The quantitative estimate of drug-likeness (QED) is 0.310. The summed E-state index contributed by atoms with van der Waals surface area (Å²) in [7, 11) is 0. The Morgan fingerprint density at radius 1 is 0.750 bits per heavy atom. The van der Waals surface area contributed by atoms with Gasteiger partial charge in [-0.2, -0.15) is 0 Å². The zero-order chi connectivity index (χ0) is 25.0. The first-order valence-electron chi connectivity index (χ1n) is 12.2. The molecule has 0 spiro atoms. The van der Waals surface area contributed by atoms with Gasteiger partial charge in [0.05, 0.1) is 22.2 Å². The van der Waals surface area contributed by atoms with Gasteiger partial charge >= 0.3 is 0 Å². The van der Waals surface area contributed by atoms with Crippen molar-refractivity contribution in [2.24, 2.45) is 4.99 Å². The molecule has 7 rings (SSSR count). The summed E-state index contributed by atoms with van der Waals surface area (Å²) in [5, 5.41) is 27.4. The first-order valence-corrected chi connectivity index (χ1v) is 12.2. The minimum atomic E-state index is -0.533. The van der Waals surface area contributed by atoms with Crippen LogP contribution in [0.1, 0.15) is 33.3 Å². The van der Waals surface area contributed by atoms with Crippen molar-refractivity contribution < 1.29 is 9.90 Å². The second-order valence-corrected chi connectivity index (χ2v) is 10.9. The molecule has 2 aliphatic heterocycles. The van der Waals surface area contributed by atoms with Crippen LogP contribution < -0.4 is 26.5 Å². The second-order valence-electron chi connectivity index (χ2n) is 10.9. The Balaban J connectivity index is 1.52. The Bertz CT molecular complexity index is 1850. The molecular weight excluding hydrogens is 448 g/mol. The minimum absolute atomic E-state index is 0.0193. The van der Waals surface area contributed by atoms with Crippen LogP contribution in [-0.2, 0) is 4.79 Å². The van der Waals surface area contributed by atoms with Crippen LogP contribution in [-0.4, -0.2) is 22.2 Å². The molecule has 0 saturated carbocycles. The number of carbonyl (C=O) groups is 1. The molecule has 0 radical (unpaired) electrons. The lowest BCUT2D eigenvalue weighted by atomic mass is 9.80. The number of aliphatic hydroxyl groups excluding tert-OH is 1. The molecule has 0 atom stereocenters. The van der Waals surface area contributed by atoms with Crippen molar-refractivity contribution in [2.45, 2.75) is 39.0 Å². The van der Waals surface area contributed by atoms with Crippen molar-refractivity contribution in [3.05, 3.63) is 82.6 Å². The summed E-state index contributed by atoms with van der Waals surface area (Å²) in [5.74, 6) is -0.149. The minimum Gasteiger partial charge on any atom is -0.506 e. The van der Waals surface area contributed by atoms with Gasteiger partial charge in [0.2, 0.25) is 5.78 Å². The number of allylic oxidation sites excluding steroid dienone is 2. The summed E-state index contributed by atoms with van der Waals surface area (Å²) >= 11 is 0. The molecule has 1 aliphatic carbocycles. The van der Waals surface area contributed by atoms with Gasteiger partial charge in [0.15, 0.2) is 0 Å². The third kappa shape index (κ3) is 2.78. The van der Waals surface area contributed by atoms with Gasteiger partial charge in [-0.25, -0.2) is 0 Å². The molecule has 0 amide bonds. The molecule has 2 heterocycles. The monoisotopic (exact) mass is 474 g/mol. The van der Waals surface area contributed by atoms with E-state index in [0.717, 1.165) is 44.0 Å². The Hall–Kier alpha value is -4.32. The fourth-order valence-electron chi connectivity index (χ4n) is 5.82.